The van der Waals surface area contributed by atoms with Crippen LogP contribution < -0.4 is 0 Å². The van der Waals surface area contributed by atoms with Gasteiger partial charge < -0.3 is 4.74 Å². The van der Waals surface area contributed by atoms with Gasteiger partial charge in [-0.3, -0.25) is 9.59 Å². The van der Waals surface area contributed by atoms with E-state index >= 15 is 0 Å². The Morgan fingerprint density at radius 2 is 2.33 bits per heavy atom. The third-order valence-electron chi connectivity index (χ3n) is 3.77. The Morgan fingerprint density at radius 1 is 1.58 bits per heavy atom. The summed E-state index contributed by atoms with van der Waals surface area (Å²) in [6, 6.07) is 0. The van der Waals surface area contributed by atoms with Crippen LogP contribution in [0.1, 0.15) is 6.42 Å². The third-order valence-corrected chi connectivity index (χ3v) is 3.77. The van der Waals surface area contributed by atoms with Gasteiger partial charge in [0.2, 0.25) is 0 Å². The first-order chi connectivity index (χ1) is 5.75. The second-order valence-electron chi connectivity index (χ2n) is 4.06. The van der Waals surface area contributed by atoms with Crippen molar-refractivity contribution in [2.24, 2.45) is 29.6 Å². The molecule has 4 saturated carbocycles. The SMILES string of the molecule is COC(=O)C1[C@H]2C3C[C@@H]1C(=O)C32. The number of esters is 1. The smallest absolute Gasteiger partial charge is 0.309 e. The van der Waals surface area contributed by atoms with Gasteiger partial charge in [0.15, 0.2) is 0 Å². The molecule has 0 spiro atoms. The van der Waals surface area contributed by atoms with Crippen LogP contribution in [-0.2, 0) is 14.3 Å². The first-order valence-corrected chi connectivity index (χ1v) is 4.37. The van der Waals surface area contributed by atoms with Crippen LogP contribution in [0, 0.1) is 29.6 Å². The molecule has 64 valence electrons. The fraction of sp³-hybridized carbons (Fsp3) is 0.778. The molecule has 0 N–H and O–H groups in total. The lowest BCUT2D eigenvalue weighted by Gasteiger charge is -2.09. The van der Waals surface area contributed by atoms with E-state index in [2.05, 4.69) is 4.74 Å². The minimum atomic E-state index is -0.166. The van der Waals surface area contributed by atoms with E-state index in [-0.39, 0.29) is 23.7 Å². The summed E-state index contributed by atoms with van der Waals surface area (Å²) in [5.41, 5.74) is 0. The molecule has 5 atom stereocenters. The lowest BCUT2D eigenvalue weighted by Crippen LogP contribution is -2.21. The van der Waals surface area contributed by atoms with Gasteiger partial charge in [0.1, 0.15) is 5.78 Å². The Hall–Kier alpha value is -0.860. The van der Waals surface area contributed by atoms with Gasteiger partial charge in [-0.2, -0.15) is 0 Å². The van der Waals surface area contributed by atoms with Crippen molar-refractivity contribution >= 4 is 11.8 Å². The third kappa shape index (κ3) is 0.490. The van der Waals surface area contributed by atoms with Crippen LogP contribution in [0.25, 0.3) is 0 Å². The molecule has 0 aliphatic heterocycles. The molecule has 0 radical (unpaired) electrons. The number of ketones is 1. The maximum absolute atomic E-state index is 11.4. The number of ether oxygens (including phenoxy) is 1. The van der Waals surface area contributed by atoms with Crippen molar-refractivity contribution in [3.8, 4) is 0 Å². The molecule has 0 heterocycles. The summed E-state index contributed by atoms with van der Waals surface area (Å²) in [7, 11) is 1.40. The highest BCUT2D eigenvalue weighted by Crippen LogP contribution is 2.71. The van der Waals surface area contributed by atoms with Gasteiger partial charge >= 0.3 is 5.97 Å². The molecule has 0 aromatic carbocycles. The zero-order valence-corrected chi connectivity index (χ0v) is 6.82. The van der Waals surface area contributed by atoms with E-state index in [0.717, 1.165) is 6.42 Å². The van der Waals surface area contributed by atoms with Crippen molar-refractivity contribution in [1.29, 1.82) is 0 Å². The molecule has 4 aliphatic rings. The number of hydrogen-bond donors (Lipinski definition) is 0. The van der Waals surface area contributed by atoms with Crippen LogP contribution in [0.5, 0.6) is 0 Å². The van der Waals surface area contributed by atoms with Crippen molar-refractivity contribution < 1.29 is 14.3 Å². The molecule has 4 bridgehead atoms. The molecular weight excluding hydrogens is 156 g/mol. The van der Waals surface area contributed by atoms with E-state index in [9.17, 15) is 9.59 Å². The maximum Gasteiger partial charge on any atom is 0.309 e. The van der Waals surface area contributed by atoms with Gasteiger partial charge in [0, 0.05) is 11.8 Å². The fourth-order valence-corrected chi connectivity index (χ4v) is 3.30. The molecule has 3 heteroatoms. The topological polar surface area (TPSA) is 43.4 Å². The molecule has 0 aromatic rings. The average molecular weight is 166 g/mol. The molecule has 4 rings (SSSR count). The van der Waals surface area contributed by atoms with E-state index < -0.39 is 0 Å². The number of methoxy groups -OCH3 is 1. The lowest BCUT2D eigenvalue weighted by molar-refractivity contribution is -0.147. The predicted octanol–water partition coefficient (Wildman–Crippen LogP) is 0.240. The number of carbonyl (C=O) groups is 2. The number of rotatable bonds is 1. The van der Waals surface area contributed by atoms with Gasteiger partial charge in [-0.1, -0.05) is 0 Å². The van der Waals surface area contributed by atoms with E-state index in [0.29, 0.717) is 17.6 Å². The Morgan fingerprint density at radius 3 is 2.67 bits per heavy atom. The molecular formula is C9H10O3. The Bertz CT molecular complexity index is 283. The fourth-order valence-electron chi connectivity index (χ4n) is 3.30. The second-order valence-corrected chi connectivity index (χ2v) is 4.06. The van der Waals surface area contributed by atoms with Gasteiger partial charge in [-0.15, -0.1) is 0 Å². The minimum absolute atomic E-state index is 0.0254. The summed E-state index contributed by atoms with van der Waals surface area (Å²) in [6.07, 6.45) is 0.952. The largest absolute Gasteiger partial charge is 0.469 e. The first-order valence-electron chi connectivity index (χ1n) is 4.37. The van der Waals surface area contributed by atoms with E-state index in [1.807, 2.05) is 0 Å². The quantitative estimate of drug-likeness (QED) is 0.524. The molecule has 0 saturated heterocycles. The summed E-state index contributed by atoms with van der Waals surface area (Å²) >= 11 is 0. The van der Waals surface area contributed by atoms with Crippen molar-refractivity contribution in [2.75, 3.05) is 7.11 Å². The van der Waals surface area contributed by atoms with E-state index in [4.69, 9.17) is 0 Å². The van der Waals surface area contributed by atoms with Crippen molar-refractivity contribution in [2.45, 2.75) is 6.42 Å². The maximum atomic E-state index is 11.4. The van der Waals surface area contributed by atoms with Gasteiger partial charge in [0.25, 0.3) is 0 Å². The Labute approximate surface area is 70.1 Å². The summed E-state index contributed by atoms with van der Waals surface area (Å²) < 4.78 is 4.69. The molecule has 0 aromatic heterocycles. The predicted molar refractivity (Wildman–Crippen MR) is 39.1 cm³/mol. The summed E-state index contributed by atoms with van der Waals surface area (Å²) in [4.78, 5) is 22.7. The zero-order valence-electron chi connectivity index (χ0n) is 6.82. The first kappa shape index (κ1) is 6.63. The summed E-state index contributed by atoms with van der Waals surface area (Å²) in [5, 5.41) is 0. The van der Waals surface area contributed by atoms with Gasteiger partial charge in [0.05, 0.1) is 13.0 Å². The standard InChI is InChI=1S/C9H10O3/c1-12-9(11)7-4-2-3-5(7)6(3)8(4)10/h3-7H,2H2,1H3/t3?,4-,5-,6?,7?/m0/s1. The highest BCUT2D eigenvalue weighted by molar-refractivity contribution is 5.98. The van der Waals surface area contributed by atoms with Crippen LogP contribution >= 0.6 is 0 Å². The Kier molecular flexibility index (Phi) is 0.955. The number of carbonyl (C=O) groups excluding carboxylic acids is 2. The minimum Gasteiger partial charge on any atom is -0.469 e. The monoisotopic (exact) mass is 166 g/mol. The van der Waals surface area contributed by atoms with Crippen LogP contribution in [0.4, 0.5) is 0 Å². The van der Waals surface area contributed by atoms with Crippen molar-refractivity contribution in [3.05, 3.63) is 0 Å². The van der Waals surface area contributed by atoms with Crippen LogP contribution in [0.15, 0.2) is 0 Å². The Balaban J connectivity index is 1.93. The zero-order chi connectivity index (χ0) is 8.46. The molecule has 12 heavy (non-hydrogen) atoms. The molecule has 3 unspecified atom stereocenters. The normalized spacial score (nSPS) is 52.8. The summed E-state index contributed by atoms with van der Waals surface area (Å²) in [5.74, 6) is 1.29. The number of hydrogen-bond acceptors (Lipinski definition) is 3. The van der Waals surface area contributed by atoms with Crippen molar-refractivity contribution in [1.82, 2.24) is 0 Å². The highest BCUT2D eigenvalue weighted by atomic mass is 16.5. The summed E-state index contributed by atoms with van der Waals surface area (Å²) in [6.45, 7) is 0. The molecule has 4 aliphatic carbocycles. The van der Waals surface area contributed by atoms with Crippen LogP contribution in [0.2, 0.25) is 0 Å². The van der Waals surface area contributed by atoms with Gasteiger partial charge in [-0.25, -0.2) is 0 Å². The molecule has 0 amide bonds. The molecule has 3 nitrogen and oxygen atoms in total. The van der Waals surface area contributed by atoms with Crippen LogP contribution in [-0.4, -0.2) is 18.9 Å². The van der Waals surface area contributed by atoms with E-state index in [1.165, 1.54) is 7.11 Å². The second kappa shape index (κ2) is 1.73. The van der Waals surface area contributed by atoms with Crippen LogP contribution in [0.3, 0.4) is 0 Å². The van der Waals surface area contributed by atoms with E-state index in [1.54, 1.807) is 0 Å². The lowest BCUT2D eigenvalue weighted by atomic mass is 9.98. The highest BCUT2D eigenvalue weighted by Gasteiger charge is 2.75. The number of Topliss-reactive ketones (excluding diaryl/α,β-unsaturated/α-hetero) is 1. The van der Waals surface area contributed by atoms with Gasteiger partial charge in [-0.05, 0) is 18.3 Å². The average Bonchev–Trinajstić information content (AvgIpc) is 2.42. The molecule has 4 fully saturated rings. The van der Waals surface area contributed by atoms with Crippen molar-refractivity contribution in [3.63, 3.8) is 0 Å².